The van der Waals surface area contributed by atoms with Crippen molar-refractivity contribution in [2.45, 2.75) is 261 Å². The Bertz CT molecular complexity index is 2390. The average molecular weight is 1290 g/mol. The van der Waals surface area contributed by atoms with Crippen LogP contribution >= 0.6 is 0 Å². The summed E-state index contributed by atoms with van der Waals surface area (Å²) >= 11 is 0. The van der Waals surface area contributed by atoms with Crippen LogP contribution in [0.5, 0.6) is 0 Å². The second-order valence-corrected chi connectivity index (χ2v) is 26.4. The maximum absolute atomic E-state index is 15.4. The van der Waals surface area contributed by atoms with E-state index in [9.17, 15) is 102 Å². The number of hydrogen-bond acceptors (Lipinski definition) is 33. The fourth-order valence-electron chi connectivity index (χ4n) is 16.4. The van der Waals surface area contributed by atoms with Crippen molar-refractivity contribution < 1.29 is 164 Å². The zero-order valence-corrected chi connectivity index (χ0v) is 49.0. The molecule has 33 nitrogen and oxygen atoms in total. The van der Waals surface area contributed by atoms with Crippen LogP contribution in [0.2, 0.25) is 0 Å². The maximum atomic E-state index is 15.4. The summed E-state index contributed by atoms with van der Waals surface area (Å²) < 4.78 is 72.5. The molecule has 1 unspecified atom stereocenters. The molecule has 33 heteroatoms. The van der Waals surface area contributed by atoms with Crippen molar-refractivity contribution in [1.82, 2.24) is 0 Å². The zero-order chi connectivity index (χ0) is 64.7. The van der Waals surface area contributed by atoms with Crippen LogP contribution in [0.4, 0.5) is 0 Å². The first kappa shape index (κ1) is 69.8. The molecule has 20 N–H and O–H groups in total. The lowest BCUT2D eigenvalue weighted by atomic mass is 9.41. The number of carbonyl (C=O) groups excluding carboxylic acids is 1. The van der Waals surface area contributed by atoms with Crippen molar-refractivity contribution in [3.05, 3.63) is 12.2 Å². The van der Waals surface area contributed by atoms with E-state index in [0.29, 0.717) is 50.5 Å². The van der Waals surface area contributed by atoms with Crippen molar-refractivity contribution >= 4 is 5.97 Å². The van der Waals surface area contributed by atoms with Crippen LogP contribution in [-0.4, -0.2) is 338 Å². The van der Waals surface area contributed by atoms with Crippen LogP contribution in [0.15, 0.2) is 12.2 Å². The molecular formula is C56H90O33. The minimum Gasteiger partial charge on any atom is -0.432 e. The first-order chi connectivity index (χ1) is 42.1. The largest absolute Gasteiger partial charge is 0.432 e. The SMILES string of the molecule is C=C1CC23CC[C@H]4[C@@](C)(CCC[C@@]4(C)C(=O)O[C@@H]4O[C@H](CO)[C@@H](O)[C@H](O[C@@H]5O[C@H](CO)[C@@H](O)[C@H](O)[C@H]5O)[C@H]4O[C@@H]4O[C@H](CO)[C@@H](O)[C@H](O)[C@H]4O)[C@@H]2CC[C@]1(O[C@@H]1O[C@H](CO)[C@@H](O[C@@H]2O[C@H](CO)[C@@H](O)[C@H](O)[C@H]2O)[C@H](O)[C@H]1O[C@@H]1O[C@H](CO)[C@@H](O)[C@H](O)[C@H]1O)C3. The molecule has 0 aromatic rings. The van der Waals surface area contributed by atoms with Gasteiger partial charge < -0.3 is 159 Å². The van der Waals surface area contributed by atoms with Gasteiger partial charge in [0.05, 0.1) is 50.7 Å². The third-order valence-electron chi connectivity index (χ3n) is 21.3. The fourth-order valence-corrected chi connectivity index (χ4v) is 16.4. The Labute approximate surface area is 509 Å². The number of aliphatic hydroxyl groups is 20. The number of rotatable bonds is 18. The molecule has 0 radical (unpaired) electrons. The van der Waals surface area contributed by atoms with E-state index in [0.717, 1.165) is 0 Å². The second-order valence-electron chi connectivity index (χ2n) is 26.4. The van der Waals surface area contributed by atoms with Crippen molar-refractivity contribution in [3.8, 4) is 0 Å². The summed E-state index contributed by atoms with van der Waals surface area (Å²) in [7, 11) is 0. The molecule has 0 amide bonds. The maximum Gasteiger partial charge on any atom is 0.314 e. The molecule has 89 heavy (non-hydrogen) atoms. The van der Waals surface area contributed by atoms with Crippen molar-refractivity contribution in [2.24, 2.45) is 28.1 Å². The summed E-state index contributed by atoms with van der Waals surface area (Å²) in [4.78, 5) is 15.4. The van der Waals surface area contributed by atoms with Gasteiger partial charge in [-0.05, 0) is 86.5 Å². The van der Waals surface area contributed by atoms with Gasteiger partial charge in [0.1, 0.15) is 140 Å². The predicted molar refractivity (Wildman–Crippen MR) is 284 cm³/mol. The van der Waals surface area contributed by atoms with Crippen LogP contribution in [0.3, 0.4) is 0 Å². The molecule has 4 aliphatic carbocycles. The lowest BCUT2D eigenvalue weighted by Gasteiger charge is -2.64. The number of carbonyl (C=O) groups is 1. The number of ether oxygens (including phenoxy) is 12. The van der Waals surface area contributed by atoms with E-state index in [4.69, 9.17) is 56.8 Å². The Hall–Kier alpha value is -2.03. The highest BCUT2D eigenvalue weighted by atomic mass is 16.8. The Morgan fingerprint density at radius 3 is 1.28 bits per heavy atom. The van der Waals surface area contributed by atoms with E-state index >= 15 is 4.79 Å². The van der Waals surface area contributed by atoms with Gasteiger partial charge >= 0.3 is 5.97 Å². The summed E-state index contributed by atoms with van der Waals surface area (Å²) in [5.74, 6) is -1.41. The fraction of sp³-hybridized carbons (Fsp3) is 0.946. The van der Waals surface area contributed by atoms with Gasteiger partial charge in [-0.15, -0.1) is 0 Å². The lowest BCUT2D eigenvalue weighted by molar-refractivity contribution is -0.395. The van der Waals surface area contributed by atoms with Gasteiger partial charge in [-0.1, -0.05) is 19.9 Å². The van der Waals surface area contributed by atoms with Crippen molar-refractivity contribution in [2.75, 3.05) is 39.6 Å². The second kappa shape index (κ2) is 27.2. The zero-order valence-electron chi connectivity index (χ0n) is 49.0. The molecule has 10 rings (SSSR count). The highest BCUT2D eigenvalue weighted by Gasteiger charge is 2.70. The molecule has 6 heterocycles. The molecule has 2 bridgehead atoms. The van der Waals surface area contributed by atoms with Crippen molar-refractivity contribution in [1.29, 1.82) is 0 Å². The van der Waals surface area contributed by atoms with Gasteiger partial charge in [-0.25, -0.2) is 0 Å². The van der Waals surface area contributed by atoms with E-state index < -0.39 is 258 Å². The number of hydrogen-bond donors (Lipinski definition) is 20. The van der Waals surface area contributed by atoms with Gasteiger partial charge in [-0.3, -0.25) is 4.79 Å². The van der Waals surface area contributed by atoms with E-state index in [1.807, 2.05) is 0 Å². The van der Waals surface area contributed by atoms with E-state index in [2.05, 4.69) is 13.5 Å². The molecular weight excluding hydrogens is 1200 g/mol. The molecule has 6 saturated heterocycles. The van der Waals surface area contributed by atoms with Gasteiger partial charge in [0, 0.05) is 0 Å². The quantitative estimate of drug-likeness (QED) is 0.0344. The van der Waals surface area contributed by atoms with Crippen LogP contribution in [0.25, 0.3) is 0 Å². The number of fused-ring (bicyclic) bond motifs is 3. The minimum absolute atomic E-state index is 0.142. The molecule has 4 saturated carbocycles. The smallest absolute Gasteiger partial charge is 0.314 e. The van der Waals surface area contributed by atoms with Crippen LogP contribution in [0, 0.1) is 28.1 Å². The molecule has 36 atom stereocenters. The summed E-state index contributed by atoms with van der Waals surface area (Å²) in [6, 6.07) is 0. The first-order valence-corrected chi connectivity index (χ1v) is 30.4. The normalized spacial score (nSPS) is 54.5. The molecule has 0 aromatic heterocycles. The molecule has 1 spiro atoms. The van der Waals surface area contributed by atoms with Gasteiger partial charge in [0.2, 0.25) is 6.29 Å². The Morgan fingerprint density at radius 2 is 0.820 bits per heavy atom. The van der Waals surface area contributed by atoms with Gasteiger partial charge in [0.15, 0.2) is 37.6 Å². The first-order valence-electron chi connectivity index (χ1n) is 30.4. The standard InChI is InChI=1S/C56H90O33/c1-19-11-55-9-5-26-53(2,7-4-8-54(26,3)52(77)88-50-45(87-49-40(75)36(71)31(66)23(15-60)81-49)43(32(67)24(16-61)82-50)85-47-38(73)34(69)29(64)21(13-58)79-47)27(55)6-10-56(19,18-55)89-51-44(86-48-39(74)35(70)30(65)22(14-59)80-48)41(76)42(25(17-62)83-51)84-46-37(72)33(68)28(63)20(12-57)78-46/h20-51,57-76H,1,4-18H2,2-3H3/t20-,21-,22-,23-,24-,25-,26+,27+,28-,29-,30-,31-,32-,33+,34+,35+,36+,37-,38-,39-,40-,41+,42-,43+,44-,45-,46+,47+,48+,49+,50+,51+,53-,54-,55?,56+/m1/s1. The lowest BCUT2D eigenvalue weighted by Crippen LogP contribution is -2.68. The van der Waals surface area contributed by atoms with Gasteiger partial charge in [0.25, 0.3) is 0 Å². The Kier molecular flexibility index (Phi) is 21.4. The summed E-state index contributed by atoms with van der Waals surface area (Å²) in [6.45, 7) is 3.06. The molecule has 10 fully saturated rings. The molecule has 0 aromatic carbocycles. The van der Waals surface area contributed by atoms with Crippen molar-refractivity contribution in [3.63, 3.8) is 0 Å². The number of aliphatic hydroxyl groups excluding tert-OH is 20. The van der Waals surface area contributed by atoms with Crippen LogP contribution in [0.1, 0.15) is 71.6 Å². The third-order valence-corrected chi connectivity index (χ3v) is 21.3. The predicted octanol–water partition coefficient (Wildman–Crippen LogP) is -9.47. The average Bonchev–Trinajstić information content (AvgIpc) is 1.68. The molecule has 10 aliphatic rings. The van der Waals surface area contributed by atoms with E-state index in [1.165, 1.54) is 0 Å². The van der Waals surface area contributed by atoms with E-state index in [-0.39, 0.29) is 18.8 Å². The molecule has 6 aliphatic heterocycles. The highest BCUT2D eigenvalue weighted by molar-refractivity contribution is 5.77. The van der Waals surface area contributed by atoms with E-state index in [1.54, 1.807) is 6.92 Å². The highest BCUT2D eigenvalue weighted by Crippen LogP contribution is 2.74. The van der Waals surface area contributed by atoms with Gasteiger partial charge in [-0.2, -0.15) is 0 Å². The summed E-state index contributed by atoms with van der Waals surface area (Å²) in [6.07, 6.45) is -51.5. The Morgan fingerprint density at radius 1 is 0.427 bits per heavy atom. The minimum atomic E-state index is -2.08. The summed E-state index contributed by atoms with van der Waals surface area (Å²) in [5, 5.41) is 215. The third kappa shape index (κ3) is 12.3. The van der Waals surface area contributed by atoms with Crippen LogP contribution in [-0.2, 0) is 61.6 Å². The summed E-state index contributed by atoms with van der Waals surface area (Å²) in [5.41, 5.74) is -3.17. The monoisotopic (exact) mass is 1290 g/mol. The van der Waals surface area contributed by atoms with Crippen LogP contribution < -0.4 is 0 Å². The number of esters is 1. The topological polar surface area (TPSA) is 532 Å². The Balaban J connectivity index is 0.907. The molecule has 512 valence electrons.